The van der Waals surface area contributed by atoms with Gasteiger partial charge in [-0.15, -0.1) is 0 Å². The van der Waals surface area contributed by atoms with Gasteiger partial charge in [0, 0.05) is 12.6 Å². The van der Waals surface area contributed by atoms with Crippen LogP contribution in [-0.2, 0) is 20.5 Å². The minimum Gasteiger partial charge on any atom is -0.465 e. The summed E-state index contributed by atoms with van der Waals surface area (Å²) in [6, 6.07) is 5.99. The molecule has 0 spiro atoms. The molecule has 0 aromatic heterocycles. The summed E-state index contributed by atoms with van der Waals surface area (Å²) in [4.78, 5) is 11.4. The van der Waals surface area contributed by atoms with E-state index in [4.69, 9.17) is 5.73 Å². The summed E-state index contributed by atoms with van der Waals surface area (Å²) >= 11 is 0. The van der Waals surface area contributed by atoms with Gasteiger partial charge < -0.3 is 10.5 Å². The van der Waals surface area contributed by atoms with Gasteiger partial charge in [0.2, 0.25) is 10.0 Å². The van der Waals surface area contributed by atoms with Crippen LogP contribution < -0.4 is 10.5 Å². The molecule has 6 nitrogen and oxygen atoms in total. The standard InChI is InChI=1S/C12H18N2O4S/c1-9(7-13)14-19(16,17)8-10-4-3-5-11(6-10)12(15)18-2/h3-6,9,14H,7-8,13H2,1-2H3. The second kappa shape index (κ2) is 6.65. The third kappa shape index (κ3) is 4.98. The van der Waals surface area contributed by atoms with Crippen LogP contribution in [-0.4, -0.2) is 34.1 Å². The number of nitrogens with two attached hydrogens (primary N) is 1. The molecular weight excluding hydrogens is 268 g/mol. The van der Waals surface area contributed by atoms with E-state index in [1.807, 2.05) is 0 Å². The molecule has 1 unspecified atom stereocenters. The molecule has 0 heterocycles. The van der Waals surface area contributed by atoms with Crippen LogP contribution in [0.3, 0.4) is 0 Å². The number of carbonyl (C=O) groups is 1. The summed E-state index contributed by atoms with van der Waals surface area (Å²) in [5.74, 6) is -0.704. The number of carbonyl (C=O) groups excluding carboxylic acids is 1. The van der Waals surface area contributed by atoms with Gasteiger partial charge >= 0.3 is 5.97 Å². The van der Waals surface area contributed by atoms with Crippen molar-refractivity contribution < 1.29 is 17.9 Å². The highest BCUT2D eigenvalue weighted by atomic mass is 32.2. The van der Waals surface area contributed by atoms with Crippen molar-refractivity contribution in [1.29, 1.82) is 0 Å². The van der Waals surface area contributed by atoms with Crippen molar-refractivity contribution >= 4 is 16.0 Å². The minimum absolute atomic E-state index is 0.206. The molecule has 0 saturated heterocycles. The van der Waals surface area contributed by atoms with E-state index in [2.05, 4.69) is 9.46 Å². The van der Waals surface area contributed by atoms with Gasteiger partial charge in [0.15, 0.2) is 0 Å². The first-order chi connectivity index (χ1) is 8.88. The lowest BCUT2D eigenvalue weighted by molar-refractivity contribution is 0.0600. The molecule has 1 atom stereocenters. The highest BCUT2D eigenvalue weighted by Gasteiger charge is 2.15. The first-order valence-electron chi connectivity index (χ1n) is 5.75. The van der Waals surface area contributed by atoms with Gasteiger partial charge in [0.05, 0.1) is 18.4 Å². The van der Waals surface area contributed by atoms with Crippen molar-refractivity contribution in [1.82, 2.24) is 4.72 Å². The molecule has 0 aliphatic rings. The van der Waals surface area contributed by atoms with Crippen LogP contribution in [0.5, 0.6) is 0 Å². The number of nitrogens with one attached hydrogen (secondary N) is 1. The molecule has 1 aromatic rings. The molecule has 0 radical (unpaired) electrons. The molecule has 0 bridgehead atoms. The third-order valence-corrected chi connectivity index (χ3v) is 3.91. The van der Waals surface area contributed by atoms with Crippen LogP contribution in [0.15, 0.2) is 24.3 Å². The van der Waals surface area contributed by atoms with Crippen LogP contribution in [0.25, 0.3) is 0 Å². The number of hydrogen-bond acceptors (Lipinski definition) is 5. The van der Waals surface area contributed by atoms with Gasteiger partial charge in [-0.1, -0.05) is 12.1 Å². The lowest BCUT2D eigenvalue weighted by Gasteiger charge is -2.12. The predicted molar refractivity (Wildman–Crippen MR) is 72.1 cm³/mol. The average molecular weight is 286 g/mol. The van der Waals surface area contributed by atoms with E-state index in [9.17, 15) is 13.2 Å². The molecule has 0 fully saturated rings. The minimum atomic E-state index is -3.48. The van der Waals surface area contributed by atoms with Crippen molar-refractivity contribution in [3.05, 3.63) is 35.4 Å². The molecule has 106 valence electrons. The van der Waals surface area contributed by atoms with Gasteiger partial charge in [0.25, 0.3) is 0 Å². The number of esters is 1. The Bertz CT molecular complexity index is 542. The van der Waals surface area contributed by atoms with Gasteiger partial charge in [-0.2, -0.15) is 0 Å². The fourth-order valence-electron chi connectivity index (χ4n) is 1.52. The molecular formula is C12H18N2O4S. The quantitative estimate of drug-likeness (QED) is 0.730. The van der Waals surface area contributed by atoms with Crippen molar-refractivity contribution in [2.24, 2.45) is 5.73 Å². The Morgan fingerprint density at radius 3 is 2.74 bits per heavy atom. The van der Waals surface area contributed by atoms with E-state index in [1.54, 1.807) is 25.1 Å². The van der Waals surface area contributed by atoms with E-state index >= 15 is 0 Å². The molecule has 19 heavy (non-hydrogen) atoms. The number of ether oxygens (including phenoxy) is 1. The van der Waals surface area contributed by atoms with Gasteiger partial charge in [-0.05, 0) is 24.6 Å². The Hall–Kier alpha value is -1.44. The number of rotatable bonds is 6. The topological polar surface area (TPSA) is 98.5 Å². The van der Waals surface area contributed by atoms with E-state index in [-0.39, 0.29) is 18.3 Å². The van der Waals surface area contributed by atoms with Gasteiger partial charge in [-0.3, -0.25) is 0 Å². The molecule has 0 aliphatic carbocycles. The fraction of sp³-hybridized carbons (Fsp3) is 0.417. The molecule has 3 N–H and O–H groups in total. The first kappa shape index (κ1) is 15.6. The monoisotopic (exact) mass is 286 g/mol. The number of hydrogen-bond donors (Lipinski definition) is 2. The normalized spacial score (nSPS) is 13.0. The predicted octanol–water partition coefficient (Wildman–Crippen LogP) is 0.240. The van der Waals surface area contributed by atoms with Crippen LogP contribution >= 0.6 is 0 Å². The van der Waals surface area contributed by atoms with Crippen LogP contribution in [0.2, 0.25) is 0 Å². The highest BCUT2D eigenvalue weighted by Crippen LogP contribution is 2.10. The first-order valence-corrected chi connectivity index (χ1v) is 7.40. The largest absolute Gasteiger partial charge is 0.465 e. The summed E-state index contributed by atoms with van der Waals surface area (Å²) in [5, 5.41) is 0. The highest BCUT2D eigenvalue weighted by molar-refractivity contribution is 7.88. The smallest absolute Gasteiger partial charge is 0.337 e. The Balaban J connectivity index is 2.85. The summed E-state index contributed by atoms with van der Waals surface area (Å²) in [7, 11) is -2.20. The molecule has 0 aliphatic heterocycles. The Kier molecular flexibility index (Phi) is 5.46. The number of sulfonamides is 1. The van der Waals surface area contributed by atoms with Crippen molar-refractivity contribution in [2.45, 2.75) is 18.7 Å². The molecule has 7 heteroatoms. The maximum absolute atomic E-state index is 11.8. The van der Waals surface area contributed by atoms with E-state index in [1.165, 1.54) is 13.2 Å². The van der Waals surface area contributed by atoms with Crippen LogP contribution in [0, 0.1) is 0 Å². The lowest BCUT2D eigenvalue weighted by Crippen LogP contribution is -2.38. The average Bonchev–Trinajstić information content (AvgIpc) is 2.36. The van der Waals surface area contributed by atoms with Crippen molar-refractivity contribution in [3.8, 4) is 0 Å². The third-order valence-electron chi connectivity index (χ3n) is 2.44. The molecule has 1 aromatic carbocycles. The Morgan fingerprint density at radius 1 is 1.47 bits per heavy atom. The Morgan fingerprint density at radius 2 is 2.16 bits per heavy atom. The Labute approximate surface area is 113 Å². The molecule has 0 saturated carbocycles. The van der Waals surface area contributed by atoms with Crippen LogP contribution in [0.1, 0.15) is 22.8 Å². The van der Waals surface area contributed by atoms with E-state index in [0.29, 0.717) is 11.1 Å². The SMILES string of the molecule is COC(=O)c1cccc(CS(=O)(=O)NC(C)CN)c1. The summed E-state index contributed by atoms with van der Waals surface area (Å²) in [5.41, 5.74) is 6.20. The van der Waals surface area contributed by atoms with Crippen LogP contribution in [0.4, 0.5) is 0 Å². The summed E-state index contributed by atoms with van der Waals surface area (Å²) in [6.07, 6.45) is 0. The number of benzene rings is 1. The zero-order valence-corrected chi connectivity index (χ0v) is 11.7. The molecule has 1 rings (SSSR count). The van der Waals surface area contributed by atoms with Gasteiger partial charge in [-0.25, -0.2) is 17.9 Å². The van der Waals surface area contributed by atoms with E-state index < -0.39 is 16.0 Å². The fourth-order valence-corrected chi connectivity index (χ4v) is 2.93. The zero-order valence-electron chi connectivity index (χ0n) is 10.9. The summed E-state index contributed by atoms with van der Waals surface area (Å²) in [6.45, 7) is 1.91. The maximum Gasteiger partial charge on any atom is 0.337 e. The maximum atomic E-state index is 11.8. The second-order valence-electron chi connectivity index (χ2n) is 4.21. The lowest BCUT2D eigenvalue weighted by atomic mass is 10.1. The summed E-state index contributed by atoms with van der Waals surface area (Å²) < 4.78 is 30.7. The zero-order chi connectivity index (χ0) is 14.5. The van der Waals surface area contributed by atoms with Gasteiger partial charge in [0.1, 0.15) is 0 Å². The molecule has 0 amide bonds. The van der Waals surface area contributed by atoms with Crippen molar-refractivity contribution in [3.63, 3.8) is 0 Å². The second-order valence-corrected chi connectivity index (χ2v) is 5.96. The van der Waals surface area contributed by atoms with Crippen molar-refractivity contribution in [2.75, 3.05) is 13.7 Å². The van der Waals surface area contributed by atoms with E-state index in [0.717, 1.165) is 0 Å². The number of methoxy groups -OCH3 is 1.